The summed E-state index contributed by atoms with van der Waals surface area (Å²) < 4.78 is 0.765. The summed E-state index contributed by atoms with van der Waals surface area (Å²) in [6, 6.07) is 4.87. The third kappa shape index (κ3) is 3.33. The van der Waals surface area contributed by atoms with Crippen molar-refractivity contribution >= 4 is 21.8 Å². The molecule has 1 amide bonds. The molecule has 1 N–H and O–H groups in total. The molecule has 0 saturated heterocycles. The van der Waals surface area contributed by atoms with Gasteiger partial charge in [0.25, 0.3) is 5.91 Å². The first-order chi connectivity index (χ1) is 7.97. The van der Waals surface area contributed by atoms with Crippen LogP contribution in [-0.2, 0) is 0 Å². The third-order valence-electron chi connectivity index (χ3n) is 2.40. The number of benzene rings is 1. The largest absolute Gasteiger partial charge is 0.507 e. The number of carbonyl (C=O) groups excluding carboxylic acids is 1. The minimum absolute atomic E-state index is 0.00656. The molecule has 0 bridgehead atoms. The highest BCUT2D eigenvalue weighted by Gasteiger charge is 2.20. The van der Waals surface area contributed by atoms with Crippen molar-refractivity contribution in [2.45, 2.75) is 19.9 Å². The van der Waals surface area contributed by atoms with Crippen molar-refractivity contribution in [2.24, 2.45) is 0 Å². The molecule has 0 spiro atoms. The molecule has 4 heteroatoms. The highest BCUT2D eigenvalue weighted by molar-refractivity contribution is 9.10. The Bertz CT molecular complexity index is 429. The number of aromatic hydroxyl groups is 1. The Balaban J connectivity index is 3.08. The lowest BCUT2D eigenvalue weighted by atomic mass is 10.1. The van der Waals surface area contributed by atoms with E-state index in [1.165, 1.54) is 6.07 Å². The molecular formula is C13H16BrNO2. The van der Waals surface area contributed by atoms with Crippen LogP contribution >= 0.6 is 15.9 Å². The predicted molar refractivity (Wildman–Crippen MR) is 72.2 cm³/mol. The fourth-order valence-corrected chi connectivity index (χ4v) is 1.86. The molecule has 0 fully saturated rings. The highest BCUT2D eigenvalue weighted by Crippen LogP contribution is 2.23. The maximum absolute atomic E-state index is 12.2. The first-order valence-electron chi connectivity index (χ1n) is 5.37. The van der Waals surface area contributed by atoms with Gasteiger partial charge in [-0.3, -0.25) is 4.79 Å². The Hall–Kier alpha value is -1.29. The average molecular weight is 298 g/mol. The van der Waals surface area contributed by atoms with Crippen LogP contribution in [-0.4, -0.2) is 28.5 Å². The SMILES string of the molecule is C=CCN(C(=O)c1cc(Br)ccc1O)C(C)C. The quantitative estimate of drug-likeness (QED) is 0.867. The summed E-state index contributed by atoms with van der Waals surface area (Å²) in [7, 11) is 0. The van der Waals surface area contributed by atoms with Crippen LogP contribution in [0.2, 0.25) is 0 Å². The molecule has 0 radical (unpaired) electrons. The molecule has 1 rings (SSSR count). The van der Waals surface area contributed by atoms with Gasteiger partial charge in [-0.25, -0.2) is 0 Å². The molecule has 0 aliphatic heterocycles. The van der Waals surface area contributed by atoms with Crippen molar-refractivity contribution in [1.29, 1.82) is 0 Å². The van der Waals surface area contributed by atoms with Crippen molar-refractivity contribution in [1.82, 2.24) is 4.90 Å². The number of rotatable bonds is 4. The van der Waals surface area contributed by atoms with Crippen LogP contribution in [0.5, 0.6) is 5.75 Å². The Morgan fingerprint density at radius 2 is 2.24 bits per heavy atom. The number of nitrogens with zero attached hydrogens (tertiary/aromatic N) is 1. The van der Waals surface area contributed by atoms with E-state index in [0.29, 0.717) is 12.1 Å². The number of halogens is 1. The first-order valence-corrected chi connectivity index (χ1v) is 6.17. The van der Waals surface area contributed by atoms with Gasteiger partial charge in [-0.2, -0.15) is 0 Å². The number of hydrogen-bond donors (Lipinski definition) is 1. The van der Waals surface area contributed by atoms with Gasteiger partial charge < -0.3 is 10.0 Å². The molecule has 92 valence electrons. The van der Waals surface area contributed by atoms with E-state index in [-0.39, 0.29) is 17.7 Å². The lowest BCUT2D eigenvalue weighted by Gasteiger charge is -2.25. The summed E-state index contributed by atoms with van der Waals surface area (Å²) in [5.74, 6) is -0.202. The second-order valence-electron chi connectivity index (χ2n) is 4.00. The maximum atomic E-state index is 12.2. The summed E-state index contributed by atoms with van der Waals surface area (Å²) in [6.45, 7) is 7.95. The fraction of sp³-hybridized carbons (Fsp3) is 0.308. The van der Waals surface area contributed by atoms with Crippen molar-refractivity contribution < 1.29 is 9.90 Å². The molecule has 0 saturated carbocycles. The van der Waals surface area contributed by atoms with Gasteiger partial charge in [-0.1, -0.05) is 22.0 Å². The Labute approximate surface area is 110 Å². The van der Waals surface area contributed by atoms with Crippen LogP contribution in [0.1, 0.15) is 24.2 Å². The van der Waals surface area contributed by atoms with E-state index in [9.17, 15) is 9.90 Å². The monoisotopic (exact) mass is 297 g/mol. The van der Waals surface area contributed by atoms with Crippen LogP contribution in [0.15, 0.2) is 35.3 Å². The minimum Gasteiger partial charge on any atom is -0.507 e. The first kappa shape index (κ1) is 13.8. The highest BCUT2D eigenvalue weighted by atomic mass is 79.9. The standard InChI is InChI=1S/C13H16BrNO2/c1-4-7-15(9(2)3)13(17)11-8-10(14)5-6-12(11)16/h4-6,8-9,16H,1,7H2,2-3H3. The lowest BCUT2D eigenvalue weighted by molar-refractivity contribution is 0.0725. The molecular weight excluding hydrogens is 282 g/mol. The van der Waals surface area contributed by atoms with E-state index in [0.717, 1.165) is 4.47 Å². The van der Waals surface area contributed by atoms with Crippen molar-refractivity contribution in [3.05, 3.63) is 40.9 Å². The topological polar surface area (TPSA) is 40.5 Å². The van der Waals surface area contributed by atoms with E-state index in [1.54, 1.807) is 23.1 Å². The normalized spacial score (nSPS) is 10.4. The summed E-state index contributed by atoms with van der Waals surface area (Å²) in [5, 5.41) is 9.71. The van der Waals surface area contributed by atoms with E-state index < -0.39 is 0 Å². The minimum atomic E-state index is -0.196. The van der Waals surface area contributed by atoms with Crippen LogP contribution in [0.3, 0.4) is 0 Å². The number of amides is 1. The second-order valence-corrected chi connectivity index (χ2v) is 4.92. The molecule has 3 nitrogen and oxygen atoms in total. The van der Waals surface area contributed by atoms with Gasteiger partial charge in [-0.15, -0.1) is 6.58 Å². The van der Waals surface area contributed by atoms with Gasteiger partial charge in [0, 0.05) is 17.1 Å². The van der Waals surface area contributed by atoms with Crippen molar-refractivity contribution in [3.63, 3.8) is 0 Å². The van der Waals surface area contributed by atoms with Crippen LogP contribution in [0.25, 0.3) is 0 Å². The molecule has 0 atom stereocenters. The lowest BCUT2D eigenvalue weighted by Crippen LogP contribution is -2.37. The predicted octanol–water partition coefficient (Wildman–Crippen LogP) is 3.19. The molecule has 0 aliphatic rings. The average Bonchev–Trinajstić information content (AvgIpc) is 2.28. The molecule has 1 aromatic rings. The molecule has 1 aromatic carbocycles. The maximum Gasteiger partial charge on any atom is 0.258 e. The van der Waals surface area contributed by atoms with Gasteiger partial charge in [0.2, 0.25) is 0 Å². The second kappa shape index (κ2) is 5.87. The van der Waals surface area contributed by atoms with Crippen molar-refractivity contribution in [3.8, 4) is 5.75 Å². The third-order valence-corrected chi connectivity index (χ3v) is 2.89. The van der Waals surface area contributed by atoms with Gasteiger partial charge in [0.15, 0.2) is 0 Å². The number of carbonyl (C=O) groups is 1. The Morgan fingerprint density at radius 3 is 2.76 bits per heavy atom. The Morgan fingerprint density at radius 1 is 1.59 bits per heavy atom. The van der Waals surface area contributed by atoms with Crippen LogP contribution in [0.4, 0.5) is 0 Å². The number of phenols is 1. The van der Waals surface area contributed by atoms with Crippen LogP contribution < -0.4 is 0 Å². The Kier molecular flexibility index (Phi) is 4.75. The molecule has 17 heavy (non-hydrogen) atoms. The molecule has 0 heterocycles. The van der Waals surface area contributed by atoms with Gasteiger partial charge in [0.05, 0.1) is 5.56 Å². The molecule has 0 aliphatic carbocycles. The summed E-state index contributed by atoms with van der Waals surface area (Å²) >= 11 is 3.29. The van der Waals surface area contributed by atoms with Crippen LogP contribution in [0, 0.1) is 0 Å². The zero-order valence-corrected chi connectivity index (χ0v) is 11.6. The fourth-order valence-electron chi connectivity index (χ4n) is 1.50. The summed E-state index contributed by atoms with van der Waals surface area (Å²) in [6.07, 6.45) is 1.67. The van der Waals surface area contributed by atoms with E-state index in [1.807, 2.05) is 13.8 Å². The smallest absolute Gasteiger partial charge is 0.258 e. The van der Waals surface area contributed by atoms with E-state index in [2.05, 4.69) is 22.5 Å². The van der Waals surface area contributed by atoms with E-state index in [4.69, 9.17) is 0 Å². The number of phenolic OH excluding ortho intramolecular Hbond substituents is 1. The van der Waals surface area contributed by atoms with E-state index >= 15 is 0 Å². The molecule has 0 unspecified atom stereocenters. The summed E-state index contributed by atoms with van der Waals surface area (Å²) in [5.41, 5.74) is 0.301. The van der Waals surface area contributed by atoms with Gasteiger partial charge in [-0.05, 0) is 32.0 Å². The van der Waals surface area contributed by atoms with Gasteiger partial charge in [0.1, 0.15) is 5.75 Å². The zero-order chi connectivity index (χ0) is 13.0. The molecule has 0 aromatic heterocycles. The summed E-state index contributed by atoms with van der Waals surface area (Å²) in [4.78, 5) is 13.9. The zero-order valence-electron chi connectivity index (χ0n) is 9.98. The van der Waals surface area contributed by atoms with Crippen molar-refractivity contribution in [2.75, 3.05) is 6.54 Å². The van der Waals surface area contributed by atoms with Gasteiger partial charge >= 0.3 is 0 Å². The number of hydrogen-bond acceptors (Lipinski definition) is 2.